The van der Waals surface area contributed by atoms with Crippen molar-refractivity contribution in [2.24, 2.45) is 0 Å². The Labute approximate surface area is 121 Å². The lowest BCUT2D eigenvalue weighted by molar-refractivity contribution is 0.102. The third-order valence-corrected chi connectivity index (χ3v) is 3.07. The van der Waals surface area contributed by atoms with Crippen LogP contribution in [-0.2, 0) is 0 Å². The number of carbonyl (C=O) groups excluding carboxylic acids is 1. The molecule has 5 nitrogen and oxygen atoms in total. The van der Waals surface area contributed by atoms with Crippen LogP contribution in [0.4, 0.5) is 15.9 Å². The van der Waals surface area contributed by atoms with Gasteiger partial charge >= 0.3 is 0 Å². The van der Waals surface area contributed by atoms with Crippen LogP contribution in [0.25, 0.3) is 0 Å². The van der Waals surface area contributed by atoms with Crippen LogP contribution in [0.1, 0.15) is 10.5 Å². The van der Waals surface area contributed by atoms with Gasteiger partial charge in [0.2, 0.25) is 0 Å². The number of anilines is 2. The van der Waals surface area contributed by atoms with E-state index in [-0.39, 0.29) is 22.2 Å². The van der Waals surface area contributed by atoms with Gasteiger partial charge in [-0.25, -0.2) is 14.4 Å². The van der Waals surface area contributed by atoms with Crippen molar-refractivity contribution in [2.75, 3.05) is 11.1 Å². The van der Waals surface area contributed by atoms with Gasteiger partial charge in [-0.1, -0.05) is 11.6 Å². The number of carbonyl (C=O) groups is 1. The van der Waals surface area contributed by atoms with E-state index in [1.807, 2.05) is 0 Å². The molecule has 1 heterocycles. The zero-order valence-electron chi connectivity index (χ0n) is 9.32. The molecule has 3 N–H and O–H groups in total. The molecule has 0 aliphatic heterocycles. The van der Waals surface area contributed by atoms with Gasteiger partial charge < -0.3 is 11.1 Å². The molecule has 1 aromatic heterocycles. The highest BCUT2D eigenvalue weighted by Gasteiger charge is 2.14. The van der Waals surface area contributed by atoms with Crippen LogP contribution in [0.2, 0.25) is 5.02 Å². The first-order chi connectivity index (χ1) is 8.97. The fraction of sp³-hybridized carbons (Fsp3) is 0. The minimum absolute atomic E-state index is 0.0708. The van der Waals surface area contributed by atoms with Crippen molar-refractivity contribution < 1.29 is 9.18 Å². The summed E-state index contributed by atoms with van der Waals surface area (Å²) in [6, 6.07) is 2.28. The first kappa shape index (κ1) is 13.7. The fourth-order valence-corrected chi connectivity index (χ4v) is 2.19. The van der Waals surface area contributed by atoms with Crippen LogP contribution < -0.4 is 11.1 Å². The van der Waals surface area contributed by atoms with Crippen LogP contribution >= 0.6 is 27.5 Å². The van der Waals surface area contributed by atoms with Crippen LogP contribution in [-0.4, -0.2) is 15.9 Å². The molecule has 0 saturated carbocycles. The Bertz CT molecular complexity index is 612. The van der Waals surface area contributed by atoms with Gasteiger partial charge in [0, 0.05) is 4.47 Å². The molecule has 0 fully saturated rings. The predicted octanol–water partition coefficient (Wildman–Crippen LogP) is 2.87. The maximum absolute atomic E-state index is 13.0. The van der Waals surface area contributed by atoms with E-state index in [9.17, 15) is 9.18 Å². The van der Waals surface area contributed by atoms with E-state index in [2.05, 4.69) is 31.2 Å². The first-order valence-corrected chi connectivity index (χ1v) is 6.18. The van der Waals surface area contributed by atoms with E-state index >= 15 is 0 Å². The molecule has 0 bridgehead atoms. The van der Waals surface area contributed by atoms with Crippen molar-refractivity contribution in [1.29, 1.82) is 0 Å². The second-order valence-corrected chi connectivity index (χ2v) is 4.79. The van der Waals surface area contributed by atoms with Crippen LogP contribution in [0.5, 0.6) is 0 Å². The molecule has 0 spiro atoms. The summed E-state index contributed by atoms with van der Waals surface area (Å²) < 4.78 is 13.4. The largest absolute Gasteiger partial charge is 0.382 e. The number of nitrogens with one attached hydrogen (secondary N) is 1. The lowest BCUT2D eigenvalue weighted by atomic mass is 10.3. The molecule has 0 atom stereocenters. The number of nitrogens with zero attached hydrogens (tertiary/aromatic N) is 2. The number of nitrogen functional groups attached to an aromatic ring is 1. The van der Waals surface area contributed by atoms with Crippen molar-refractivity contribution in [1.82, 2.24) is 9.97 Å². The van der Waals surface area contributed by atoms with Crippen molar-refractivity contribution in [3.63, 3.8) is 0 Å². The molecule has 0 radical (unpaired) electrons. The SMILES string of the molecule is Nc1cnc(C(=O)Nc2c(Cl)cc(F)cc2Br)cn1. The lowest BCUT2D eigenvalue weighted by Gasteiger charge is -2.09. The Kier molecular flexibility index (Phi) is 3.96. The number of halogens is 3. The Morgan fingerprint density at radius 1 is 1.37 bits per heavy atom. The number of hydrogen-bond acceptors (Lipinski definition) is 4. The third-order valence-electron chi connectivity index (χ3n) is 2.15. The highest BCUT2D eigenvalue weighted by molar-refractivity contribution is 9.10. The van der Waals surface area contributed by atoms with Crippen LogP contribution in [0.15, 0.2) is 29.0 Å². The number of amides is 1. The van der Waals surface area contributed by atoms with Crippen molar-refractivity contribution in [2.45, 2.75) is 0 Å². The molecule has 0 unspecified atom stereocenters. The molecular weight excluding hydrogens is 339 g/mol. The van der Waals surface area contributed by atoms with Crippen molar-refractivity contribution in [3.05, 3.63) is 45.5 Å². The van der Waals surface area contributed by atoms with Gasteiger partial charge in [0.15, 0.2) is 0 Å². The minimum atomic E-state index is -0.526. The Hall–Kier alpha value is -1.73. The molecular formula is C11H7BrClFN4O. The van der Waals surface area contributed by atoms with Crippen molar-refractivity contribution in [3.8, 4) is 0 Å². The summed E-state index contributed by atoms with van der Waals surface area (Å²) in [5.41, 5.74) is 5.70. The van der Waals surface area contributed by atoms with Crippen molar-refractivity contribution >= 4 is 44.9 Å². The summed E-state index contributed by atoms with van der Waals surface area (Å²) in [5.74, 6) is -0.832. The van der Waals surface area contributed by atoms with Crippen LogP contribution in [0, 0.1) is 5.82 Å². The zero-order chi connectivity index (χ0) is 14.0. The number of nitrogens with two attached hydrogens (primary N) is 1. The Morgan fingerprint density at radius 2 is 2.11 bits per heavy atom. The van der Waals surface area contributed by atoms with Gasteiger partial charge in [-0.3, -0.25) is 4.79 Å². The quantitative estimate of drug-likeness (QED) is 0.877. The average molecular weight is 346 g/mol. The second-order valence-electron chi connectivity index (χ2n) is 3.53. The number of hydrogen-bond donors (Lipinski definition) is 2. The average Bonchev–Trinajstić information content (AvgIpc) is 2.34. The summed E-state index contributed by atoms with van der Waals surface area (Å²) >= 11 is 8.97. The van der Waals surface area contributed by atoms with E-state index in [1.165, 1.54) is 18.5 Å². The molecule has 8 heteroatoms. The van der Waals surface area contributed by atoms with Gasteiger partial charge in [-0.05, 0) is 28.1 Å². The smallest absolute Gasteiger partial charge is 0.275 e. The minimum Gasteiger partial charge on any atom is -0.382 e. The van der Waals surface area contributed by atoms with E-state index in [0.717, 1.165) is 6.07 Å². The van der Waals surface area contributed by atoms with E-state index < -0.39 is 11.7 Å². The maximum Gasteiger partial charge on any atom is 0.275 e. The third kappa shape index (κ3) is 3.18. The molecule has 19 heavy (non-hydrogen) atoms. The molecule has 0 aliphatic rings. The predicted molar refractivity (Wildman–Crippen MR) is 73.5 cm³/mol. The van der Waals surface area contributed by atoms with Gasteiger partial charge in [0.25, 0.3) is 5.91 Å². The summed E-state index contributed by atoms with van der Waals surface area (Å²) in [6.45, 7) is 0. The van der Waals surface area contributed by atoms with Crippen LogP contribution in [0.3, 0.4) is 0 Å². The zero-order valence-corrected chi connectivity index (χ0v) is 11.7. The summed E-state index contributed by atoms with van der Waals surface area (Å²) in [4.78, 5) is 19.5. The molecule has 2 aromatic rings. The van der Waals surface area contributed by atoms with E-state index in [4.69, 9.17) is 17.3 Å². The molecule has 0 aliphatic carbocycles. The topological polar surface area (TPSA) is 80.9 Å². The summed E-state index contributed by atoms with van der Waals surface area (Å²) in [5, 5.41) is 2.59. The summed E-state index contributed by atoms with van der Waals surface area (Å²) in [7, 11) is 0. The number of benzene rings is 1. The molecule has 0 saturated heterocycles. The van der Waals surface area contributed by atoms with Gasteiger partial charge in [-0.15, -0.1) is 0 Å². The maximum atomic E-state index is 13.0. The monoisotopic (exact) mass is 344 g/mol. The molecule has 98 valence electrons. The highest BCUT2D eigenvalue weighted by atomic mass is 79.9. The molecule has 1 amide bonds. The first-order valence-electron chi connectivity index (χ1n) is 5.01. The summed E-state index contributed by atoms with van der Waals surface area (Å²) in [6.07, 6.45) is 2.49. The normalized spacial score (nSPS) is 10.3. The lowest BCUT2D eigenvalue weighted by Crippen LogP contribution is -2.15. The molecule has 1 aromatic carbocycles. The number of aromatic nitrogens is 2. The fourth-order valence-electron chi connectivity index (χ4n) is 1.29. The van der Waals surface area contributed by atoms with Gasteiger partial charge in [-0.2, -0.15) is 0 Å². The molecule has 2 rings (SSSR count). The number of rotatable bonds is 2. The Balaban J connectivity index is 2.26. The van der Waals surface area contributed by atoms with Gasteiger partial charge in [0.05, 0.1) is 23.1 Å². The Morgan fingerprint density at radius 3 is 2.68 bits per heavy atom. The second kappa shape index (κ2) is 5.50. The van der Waals surface area contributed by atoms with Gasteiger partial charge in [0.1, 0.15) is 17.3 Å². The van der Waals surface area contributed by atoms with E-state index in [0.29, 0.717) is 4.47 Å². The van der Waals surface area contributed by atoms with E-state index in [1.54, 1.807) is 0 Å². The highest BCUT2D eigenvalue weighted by Crippen LogP contribution is 2.31. The standard InChI is InChI=1S/C11H7BrClFN4O/c12-6-1-5(14)2-7(13)10(6)18-11(19)8-3-17-9(15)4-16-8/h1-4H,(H2,15,17)(H,18,19).